The molecule has 33 heavy (non-hydrogen) atoms. The summed E-state index contributed by atoms with van der Waals surface area (Å²) in [5.74, 6) is 0.558. The fourth-order valence-electron chi connectivity index (χ4n) is 4.18. The quantitative estimate of drug-likeness (QED) is 0.460. The van der Waals surface area contributed by atoms with Crippen LogP contribution >= 0.6 is 0 Å². The molecule has 0 amide bonds. The van der Waals surface area contributed by atoms with Gasteiger partial charge in [-0.2, -0.15) is 23.0 Å². The number of hydrogen-bond acceptors (Lipinski definition) is 5. The van der Waals surface area contributed by atoms with Crippen LogP contribution in [0.5, 0.6) is 0 Å². The van der Waals surface area contributed by atoms with Crippen molar-refractivity contribution in [1.29, 1.82) is 0 Å². The van der Waals surface area contributed by atoms with Crippen molar-refractivity contribution >= 4 is 5.69 Å². The molecule has 0 aliphatic carbocycles. The predicted octanol–water partition coefficient (Wildman–Crippen LogP) is 5.24. The Hall–Kier alpha value is -3.88. The van der Waals surface area contributed by atoms with Crippen molar-refractivity contribution < 1.29 is 17.6 Å². The molecule has 1 N–H and O–H groups in total. The van der Waals surface area contributed by atoms with Gasteiger partial charge in [-0.25, -0.2) is 4.98 Å². The number of fused-ring (bicyclic) bond motifs is 1. The largest absolute Gasteiger partial charge is 0.444 e. The number of para-hydroxylation sites is 1. The minimum atomic E-state index is -4.63. The standard InChI is InChI=1S/C24H19F3N4O2/c1-14-9-15(20-12-28-13-33-20)11-16(10-14)21-17-5-4-8-29-22(17)23(32)31(30-21)19-7-3-2-6-18(19)24(25,26)27/h2-3,6-7,9-13,29H,4-5,8H2,1H3. The molecular formula is C24H19F3N4O2. The molecule has 0 atom stereocenters. The van der Waals surface area contributed by atoms with Gasteiger partial charge in [0.1, 0.15) is 5.69 Å². The van der Waals surface area contributed by atoms with Crippen LogP contribution in [0.25, 0.3) is 28.3 Å². The lowest BCUT2D eigenvalue weighted by molar-refractivity contribution is -0.137. The topological polar surface area (TPSA) is 73.0 Å². The summed E-state index contributed by atoms with van der Waals surface area (Å²) in [4.78, 5) is 17.2. The number of halogens is 3. The van der Waals surface area contributed by atoms with Crippen LogP contribution in [0.3, 0.4) is 0 Å². The van der Waals surface area contributed by atoms with Crippen LogP contribution in [0.4, 0.5) is 18.9 Å². The van der Waals surface area contributed by atoms with E-state index in [1.54, 1.807) is 6.20 Å². The molecular weight excluding hydrogens is 433 g/mol. The third-order valence-electron chi connectivity index (χ3n) is 5.60. The van der Waals surface area contributed by atoms with E-state index in [4.69, 9.17) is 4.42 Å². The molecule has 0 bridgehead atoms. The molecule has 0 saturated heterocycles. The number of oxazole rings is 1. The monoisotopic (exact) mass is 452 g/mol. The molecule has 9 heteroatoms. The van der Waals surface area contributed by atoms with E-state index in [0.29, 0.717) is 35.5 Å². The Labute approximate surface area is 186 Å². The molecule has 2 aromatic heterocycles. The predicted molar refractivity (Wildman–Crippen MR) is 117 cm³/mol. The summed E-state index contributed by atoms with van der Waals surface area (Å²) in [5, 5.41) is 7.56. The summed E-state index contributed by atoms with van der Waals surface area (Å²) >= 11 is 0. The number of hydrogen-bond donors (Lipinski definition) is 1. The first kappa shape index (κ1) is 21.0. The van der Waals surface area contributed by atoms with Gasteiger partial charge in [0.25, 0.3) is 5.56 Å². The molecule has 5 rings (SSSR count). The Morgan fingerprint density at radius 3 is 2.67 bits per heavy atom. The van der Waals surface area contributed by atoms with Crippen molar-refractivity contribution in [3.05, 3.63) is 82.1 Å². The van der Waals surface area contributed by atoms with Gasteiger partial charge in [-0.3, -0.25) is 4.79 Å². The van der Waals surface area contributed by atoms with Gasteiger partial charge in [0.15, 0.2) is 12.2 Å². The molecule has 3 heterocycles. The zero-order valence-corrected chi connectivity index (χ0v) is 17.6. The van der Waals surface area contributed by atoms with Crippen molar-refractivity contribution in [3.8, 4) is 28.3 Å². The van der Waals surface area contributed by atoms with Gasteiger partial charge in [-0.05, 0) is 55.7 Å². The highest BCUT2D eigenvalue weighted by molar-refractivity contribution is 5.75. The van der Waals surface area contributed by atoms with Gasteiger partial charge < -0.3 is 9.73 Å². The summed E-state index contributed by atoms with van der Waals surface area (Å²) in [6, 6.07) is 10.6. The van der Waals surface area contributed by atoms with Gasteiger partial charge in [0, 0.05) is 23.2 Å². The van der Waals surface area contributed by atoms with Crippen LogP contribution in [-0.4, -0.2) is 21.3 Å². The van der Waals surface area contributed by atoms with E-state index < -0.39 is 17.3 Å². The number of anilines is 1. The van der Waals surface area contributed by atoms with Gasteiger partial charge in [-0.15, -0.1) is 0 Å². The number of benzene rings is 2. The highest BCUT2D eigenvalue weighted by Crippen LogP contribution is 2.36. The Kier molecular flexibility index (Phi) is 5.03. The van der Waals surface area contributed by atoms with Gasteiger partial charge in [-0.1, -0.05) is 12.1 Å². The summed E-state index contributed by atoms with van der Waals surface area (Å²) in [6.07, 6.45) is -0.346. The average molecular weight is 452 g/mol. The van der Waals surface area contributed by atoms with E-state index in [1.807, 2.05) is 25.1 Å². The van der Waals surface area contributed by atoms with Crippen molar-refractivity contribution in [2.75, 3.05) is 11.9 Å². The second-order valence-corrected chi connectivity index (χ2v) is 7.92. The number of rotatable bonds is 3. The van der Waals surface area contributed by atoms with E-state index in [1.165, 1.54) is 24.6 Å². The average Bonchev–Trinajstić information content (AvgIpc) is 3.34. The van der Waals surface area contributed by atoms with Gasteiger partial charge in [0.2, 0.25) is 0 Å². The van der Waals surface area contributed by atoms with Gasteiger partial charge >= 0.3 is 6.18 Å². The number of aryl methyl sites for hydroxylation is 1. The van der Waals surface area contributed by atoms with Crippen LogP contribution in [-0.2, 0) is 12.6 Å². The van der Waals surface area contributed by atoms with Crippen LogP contribution in [0.2, 0.25) is 0 Å². The molecule has 0 radical (unpaired) electrons. The maximum absolute atomic E-state index is 13.7. The molecule has 0 spiro atoms. The molecule has 168 valence electrons. The zero-order valence-electron chi connectivity index (χ0n) is 17.6. The Balaban J connectivity index is 1.79. The van der Waals surface area contributed by atoms with Crippen molar-refractivity contribution in [1.82, 2.24) is 14.8 Å². The fraction of sp³-hybridized carbons (Fsp3) is 0.208. The van der Waals surface area contributed by atoms with E-state index >= 15 is 0 Å². The summed E-state index contributed by atoms with van der Waals surface area (Å²) in [5.41, 5.74) is 1.95. The highest BCUT2D eigenvalue weighted by atomic mass is 19.4. The molecule has 2 aromatic carbocycles. The molecule has 1 aliphatic heterocycles. The Morgan fingerprint density at radius 1 is 1.12 bits per heavy atom. The first-order valence-corrected chi connectivity index (χ1v) is 10.4. The number of nitrogens with one attached hydrogen (secondary N) is 1. The van der Waals surface area contributed by atoms with Crippen molar-refractivity contribution in [2.45, 2.75) is 25.9 Å². The maximum Gasteiger partial charge on any atom is 0.418 e. The van der Waals surface area contributed by atoms with Crippen molar-refractivity contribution in [2.24, 2.45) is 0 Å². The SMILES string of the molecule is Cc1cc(-c2cnco2)cc(-c2nn(-c3ccccc3C(F)(F)F)c(=O)c3c2CCCN3)c1. The van der Waals surface area contributed by atoms with Crippen molar-refractivity contribution in [3.63, 3.8) is 0 Å². The maximum atomic E-state index is 13.7. The van der Waals surface area contributed by atoms with E-state index in [0.717, 1.165) is 28.3 Å². The molecule has 6 nitrogen and oxygen atoms in total. The lowest BCUT2D eigenvalue weighted by atomic mass is 9.96. The van der Waals surface area contributed by atoms with E-state index in [2.05, 4.69) is 15.4 Å². The summed E-state index contributed by atoms with van der Waals surface area (Å²) in [7, 11) is 0. The van der Waals surface area contributed by atoms with Crippen LogP contribution in [0.15, 0.2) is 64.3 Å². The third kappa shape index (κ3) is 3.79. The second-order valence-electron chi connectivity index (χ2n) is 7.92. The Morgan fingerprint density at radius 2 is 1.91 bits per heavy atom. The molecule has 0 fully saturated rings. The molecule has 0 saturated carbocycles. The van der Waals surface area contributed by atoms with Crippen LogP contribution < -0.4 is 10.9 Å². The third-order valence-corrected chi connectivity index (χ3v) is 5.60. The Bertz CT molecular complexity index is 1390. The zero-order chi connectivity index (χ0) is 23.2. The van der Waals surface area contributed by atoms with Crippen LogP contribution in [0, 0.1) is 6.92 Å². The van der Waals surface area contributed by atoms with Crippen LogP contribution in [0.1, 0.15) is 23.1 Å². The smallest absolute Gasteiger partial charge is 0.418 e. The molecule has 4 aromatic rings. The molecule has 1 aliphatic rings. The summed E-state index contributed by atoms with van der Waals surface area (Å²) < 4.78 is 47.4. The first-order valence-electron chi connectivity index (χ1n) is 10.4. The normalized spacial score (nSPS) is 13.5. The lowest BCUT2D eigenvalue weighted by Gasteiger charge is -2.23. The second kappa shape index (κ2) is 7.91. The molecule has 0 unspecified atom stereocenters. The fourth-order valence-corrected chi connectivity index (χ4v) is 4.18. The first-order chi connectivity index (χ1) is 15.8. The van der Waals surface area contributed by atoms with E-state index in [-0.39, 0.29) is 11.4 Å². The number of nitrogens with zero attached hydrogens (tertiary/aromatic N) is 3. The lowest BCUT2D eigenvalue weighted by Crippen LogP contribution is -2.31. The minimum Gasteiger partial charge on any atom is -0.444 e. The summed E-state index contributed by atoms with van der Waals surface area (Å²) in [6.45, 7) is 2.47. The van der Waals surface area contributed by atoms with E-state index in [9.17, 15) is 18.0 Å². The van der Waals surface area contributed by atoms with Gasteiger partial charge in [0.05, 0.1) is 23.1 Å². The highest BCUT2D eigenvalue weighted by Gasteiger charge is 2.35. The minimum absolute atomic E-state index is 0.283. The number of aromatic nitrogens is 3. The number of alkyl halides is 3.